The molecule has 3 N–H and O–H groups in total. The lowest BCUT2D eigenvalue weighted by Crippen LogP contribution is -2.23. The predicted molar refractivity (Wildman–Crippen MR) is 62.2 cm³/mol. The van der Waals surface area contributed by atoms with Gasteiger partial charge in [0.05, 0.1) is 5.69 Å². The van der Waals surface area contributed by atoms with E-state index in [1.807, 2.05) is 13.8 Å². The summed E-state index contributed by atoms with van der Waals surface area (Å²) in [6, 6.07) is 0. The highest BCUT2D eigenvalue weighted by Crippen LogP contribution is 2.15. The van der Waals surface area contributed by atoms with Crippen molar-refractivity contribution < 1.29 is 0 Å². The predicted octanol–water partition coefficient (Wildman–Crippen LogP) is 1.97. The molecule has 4 nitrogen and oxygen atoms in total. The van der Waals surface area contributed by atoms with Gasteiger partial charge in [0.25, 0.3) is 0 Å². The first-order chi connectivity index (χ1) is 7.07. The van der Waals surface area contributed by atoms with E-state index in [9.17, 15) is 0 Å². The van der Waals surface area contributed by atoms with E-state index >= 15 is 0 Å². The molecular weight excluding hydrogens is 188 g/mol. The van der Waals surface area contributed by atoms with Crippen molar-refractivity contribution in [3.8, 4) is 0 Å². The Bertz CT molecular complexity index is 352. The first-order valence-corrected chi connectivity index (χ1v) is 5.47. The summed E-state index contributed by atoms with van der Waals surface area (Å²) in [6.07, 6.45) is 4.68. The summed E-state index contributed by atoms with van der Waals surface area (Å²) in [5, 5.41) is 11.6. The standard InChI is InChI=1S/C11H20N4/c1-4-5-6-7-10-8(2)14-15(9(10)3)11(12)13/h4-7H2,1-3H3,(H3,12,13). The highest BCUT2D eigenvalue weighted by molar-refractivity contribution is 5.77. The van der Waals surface area contributed by atoms with E-state index in [-0.39, 0.29) is 5.96 Å². The third-order valence-corrected chi connectivity index (χ3v) is 2.70. The molecule has 1 aromatic heterocycles. The summed E-state index contributed by atoms with van der Waals surface area (Å²) < 4.78 is 1.51. The Balaban J connectivity index is 2.83. The van der Waals surface area contributed by atoms with Crippen molar-refractivity contribution in [2.45, 2.75) is 46.5 Å². The molecule has 0 aliphatic carbocycles. The molecule has 0 saturated heterocycles. The van der Waals surface area contributed by atoms with Gasteiger partial charge in [0.15, 0.2) is 0 Å². The highest BCUT2D eigenvalue weighted by Gasteiger charge is 2.11. The van der Waals surface area contributed by atoms with Gasteiger partial charge in [-0.1, -0.05) is 19.8 Å². The molecule has 0 saturated carbocycles. The molecule has 1 heterocycles. The van der Waals surface area contributed by atoms with Crippen molar-refractivity contribution in [2.75, 3.05) is 0 Å². The molecule has 0 aromatic carbocycles. The third kappa shape index (κ3) is 2.58. The molecular formula is C11H20N4. The number of rotatable bonds is 4. The van der Waals surface area contributed by atoms with Crippen LogP contribution >= 0.6 is 0 Å². The van der Waals surface area contributed by atoms with Gasteiger partial charge < -0.3 is 5.73 Å². The maximum atomic E-state index is 7.38. The lowest BCUT2D eigenvalue weighted by atomic mass is 10.1. The van der Waals surface area contributed by atoms with Crippen LogP contribution in [0.15, 0.2) is 0 Å². The van der Waals surface area contributed by atoms with Crippen molar-refractivity contribution in [3.05, 3.63) is 17.0 Å². The lowest BCUT2D eigenvalue weighted by Gasteiger charge is -2.02. The Morgan fingerprint density at radius 1 is 1.40 bits per heavy atom. The zero-order chi connectivity index (χ0) is 11.4. The van der Waals surface area contributed by atoms with Gasteiger partial charge in [0.2, 0.25) is 5.96 Å². The van der Waals surface area contributed by atoms with Crippen LogP contribution in [0.5, 0.6) is 0 Å². The second-order valence-electron chi connectivity index (χ2n) is 3.90. The smallest absolute Gasteiger partial charge is 0.213 e. The number of unbranched alkanes of at least 4 members (excludes halogenated alkanes) is 2. The molecule has 0 unspecified atom stereocenters. The highest BCUT2D eigenvalue weighted by atomic mass is 15.3. The van der Waals surface area contributed by atoms with Crippen LogP contribution in [0.4, 0.5) is 0 Å². The minimum Gasteiger partial charge on any atom is -0.368 e. The van der Waals surface area contributed by atoms with E-state index in [0.29, 0.717) is 0 Å². The Labute approximate surface area is 91.0 Å². The number of nitrogens with two attached hydrogens (primary N) is 1. The minimum absolute atomic E-state index is 0.00246. The molecule has 0 aliphatic heterocycles. The lowest BCUT2D eigenvalue weighted by molar-refractivity contribution is 0.713. The number of hydrogen-bond acceptors (Lipinski definition) is 2. The monoisotopic (exact) mass is 208 g/mol. The fraction of sp³-hybridized carbons (Fsp3) is 0.636. The molecule has 0 atom stereocenters. The van der Waals surface area contributed by atoms with E-state index in [1.165, 1.54) is 29.5 Å². The summed E-state index contributed by atoms with van der Waals surface area (Å²) in [6.45, 7) is 6.15. The van der Waals surface area contributed by atoms with Crippen LogP contribution in [0.3, 0.4) is 0 Å². The van der Waals surface area contributed by atoms with Gasteiger partial charge in [-0.05, 0) is 32.3 Å². The summed E-state index contributed by atoms with van der Waals surface area (Å²) in [5.41, 5.74) is 8.69. The average Bonchev–Trinajstić information content (AvgIpc) is 2.45. The molecule has 1 rings (SSSR count). The normalized spacial score (nSPS) is 10.6. The molecule has 0 radical (unpaired) electrons. The number of hydrogen-bond donors (Lipinski definition) is 2. The van der Waals surface area contributed by atoms with Crippen LogP contribution < -0.4 is 5.73 Å². The van der Waals surface area contributed by atoms with E-state index in [2.05, 4.69) is 12.0 Å². The molecule has 84 valence electrons. The third-order valence-electron chi connectivity index (χ3n) is 2.70. The van der Waals surface area contributed by atoms with Gasteiger partial charge in [-0.3, -0.25) is 5.41 Å². The molecule has 0 aliphatic rings. The van der Waals surface area contributed by atoms with Gasteiger partial charge in [0, 0.05) is 5.69 Å². The maximum absolute atomic E-state index is 7.38. The van der Waals surface area contributed by atoms with Gasteiger partial charge in [-0.15, -0.1) is 0 Å². The van der Waals surface area contributed by atoms with Crippen molar-refractivity contribution >= 4 is 5.96 Å². The molecule has 0 fully saturated rings. The van der Waals surface area contributed by atoms with Gasteiger partial charge in [-0.25, -0.2) is 4.68 Å². The summed E-state index contributed by atoms with van der Waals surface area (Å²) in [4.78, 5) is 0. The zero-order valence-corrected chi connectivity index (χ0v) is 9.80. The van der Waals surface area contributed by atoms with Crippen LogP contribution in [0, 0.1) is 19.3 Å². The number of aryl methyl sites for hydroxylation is 1. The van der Waals surface area contributed by atoms with Gasteiger partial charge in [0.1, 0.15) is 0 Å². The summed E-state index contributed by atoms with van der Waals surface area (Å²) in [5.74, 6) is -0.00246. The first-order valence-electron chi connectivity index (χ1n) is 5.47. The molecule has 1 aromatic rings. The fourth-order valence-electron chi connectivity index (χ4n) is 1.82. The second kappa shape index (κ2) is 4.96. The van der Waals surface area contributed by atoms with Crippen LogP contribution in [-0.2, 0) is 6.42 Å². The van der Waals surface area contributed by atoms with Crippen LogP contribution in [0.2, 0.25) is 0 Å². The van der Waals surface area contributed by atoms with Gasteiger partial charge >= 0.3 is 0 Å². The van der Waals surface area contributed by atoms with E-state index in [4.69, 9.17) is 11.1 Å². The Kier molecular flexibility index (Phi) is 3.88. The van der Waals surface area contributed by atoms with Crippen LogP contribution in [-0.4, -0.2) is 15.7 Å². The van der Waals surface area contributed by atoms with Crippen LogP contribution in [0.1, 0.15) is 43.1 Å². The SMILES string of the molecule is CCCCCc1c(C)nn(C(=N)N)c1C. The van der Waals surface area contributed by atoms with E-state index in [0.717, 1.165) is 17.8 Å². The number of nitrogen functional groups attached to an aromatic ring is 1. The van der Waals surface area contributed by atoms with Crippen molar-refractivity contribution in [1.82, 2.24) is 9.78 Å². The van der Waals surface area contributed by atoms with E-state index < -0.39 is 0 Å². The largest absolute Gasteiger partial charge is 0.368 e. The molecule has 15 heavy (non-hydrogen) atoms. The molecule has 0 spiro atoms. The molecule has 0 amide bonds. The van der Waals surface area contributed by atoms with E-state index in [1.54, 1.807) is 0 Å². The molecule has 0 bridgehead atoms. The molecule has 4 heteroatoms. The Morgan fingerprint density at radius 3 is 2.53 bits per heavy atom. The zero-order valence-electron chi connectivity index (χ0n) is 9.80. The first kappa shape index (κ1) is 11.8. The summed E-state index contributed by atoms with van der Waals surface area (Å²) in [7, 11) is 0. The topological polar surface area (TPSA) is 67.7 Å². The Hall–Kier alpha value is -1.32. The Morgan fingerprint density at radius 2 is 2.07 bits per heavy atom. The minimum atomic E-state index is -0.00246. The maximum Gasteiger partial charge on any atom is 0.213 e. The van der Waals surface area contributed by atoms with Crippen LogP contribution in [0.25, 0.3) is 0 Å². The summed E-state index contributed by atoms with van der Waals surface area (Å²) >= 11 is 0. The average molecular weight is 208 g/mol. The number of nitrogens with one attached hydrogen (secondary N) is 1. The quantitative estimate of drug-likeness (QED) is 0.451. The van der Waals surface area contributed by atoms with Crippen molar-refractivity contribution in [1.29, 1.82) is 5.41 Å². The van der Waals surface area contributed by atoms with Crippen molar-refractivity contribution in [3.63, 3.8) is 0 Å². The van der Waals surface area contributed by atoms with Crippen molar-refractivity contribution in [2.24, 2.45) is 5.73 Å². The number of nitrogens with zero attached hydrogens (tertiary/aromatic N) is 2. The number of aromatic nitrogens is 2. The fourth-order valence-corrected chi connectivity index (χ4v) is 1.82. The van der Waals surface area contributed by atoms with Gasteiger partial charge in [-0.2, -0.15) is 5.10 Å². The second-order valence-corrected chi connectivity index (χ2v) is 3.90.